The molecule has 35 heavy (non-hydrogen) atoms. The Kier molecular flexibility index (Phi) is 6.82. The minimum atomic E-state index is -0.583. The van der Waals surface area contributed by atoms with Crippen LogP contribution in [-0.2, 0) is 11.3 Å². The standard InChI is InChI=1S/C27H29N5O3/c1-27(2,3)25(33)32-26-30-23(28-15-17-9-7-6-8-10-17)20-13-19(16-29-24(20)31-26)18-11-12-21(34-4)22(14-18)35-5/h6-14,16H,15H2,1-5H3,(H2,28,29,30,31,32,33). The molecule has 0 aliphatic carbocycles. The topological polar surface area (TPSA) is 98.3 Å². The Morgan fingerprint density at radius 1 is 0.914 bits per heavy atom. The van der Waals surface area contributed by atoms with Crippen LogP contribution in [-0.4, -0.2) is 35.1 Å². The second-order valence-electron chi connectivity index (χ2n) is 9.10. The summed E-state index contributed by atoms with van der Waals surface area (Å²) in [6.07, 6.45) is 1.74. The molecule has 2 heterocycles. The predicted molar refractivity (Wildman–Crippen MR) is 138 cm³/mol. The van der Waals surface area contributed by atoms with Crippen LogP contribution >= 0.6 is 0 Å². The van der Waals surface area contributed by atoms with Crippen LogP contribution in [0.25, 0.3) is 22.2 Å². The van der Waals surface area contributed by atoms with Crippen LogP contribution in [0.15, 0.2) is 60.8 Å². The average molecular weight is 472 g/mol. The highest BCUT2D eigenvalue weighted by atomic mass is 16.5. The average Bonchev–Trinajstić information content (AvgIpc) is 2.86. The smallest absolute Gasteiger partial charge is 0.233 e. The fraction of sp³-hybridized carbons (Fsp3) is 0.259. The number of rotatable bonds is 7. The van der Waals surface area contributed by atoms with Crippen molar-refractivity contribution in [3.63, 3.8) is 0 Å². The van der Waals surface area contributed by atoms with Gasteiger partial charge in [-0.3, -0.25) is 10.1 Å². The zero-order chi connectivity index (χ0) is 25.0. The lowest BCUT2D eigenvalue weighted by Gasteiger charge is -2.18. The molecular weight excluding hydrogens is 442 g/mol. The molecule has 8 heteroatoms. The number of nitrogens with zero attached hydrogens (tertiary/aromatic N) is 3. The molecule has 4 rings (SSSR count). The van der Waals surface area contributed by atoms with Crippen molar-refractivity contribution in [2.75, 3.05) is 24.9 Å². The Morgan fingerprint density at radius 3 is 2.34 bits per heavy atom. The van der Waals surface area contributed by atoms with E-state index < -0.39 is 5.41 Å². The predicted octanol–water partition coefficient (Wildman–Crippen LogP) is 5.31. The number of ether oxygens (including phenoxy) is 2. The number of aromatic nitrogens is 3. The third-order valence-corrected chi connectivity index (χ3v) is 5.48. The highest BCUT2D eigenvalue weighted by Crippen LogP contribution is 2.34. The Hall–Kier alpha value is -4.20. The largest absolute Gasteiger partial charge is 0.493 e. The molecule has 2 aromatic carbocycles. The molecule has 0 atom stereocenters. The first-order valence-electron chi connectivity index (χ1n) is 11.3. The molecule has 4 aromatic rings. The number of benzene rings is 2. The number of hydrogen-bond donors (Lipinski definition) is 2. The maximum absolute atomic E-state index is 12.6. The fourth-order valence-electron chi connectivity index (χ4n) is 3.45. The second kappa shape index (κ2) is 9.97. The van der Waals surface area contributed by atoms with Crippen molar-refractivity contribution in [3.05, 3.63) is 66.4 Å². The summed E-state index contributed by atoms with van der Waals surface area (Å²) < 4.78 is 10.8. The number of nitrogens with one attached hydrogen (secondary N) is 2. The van der Waals surface area contributed by atoms with E-state index in [-0.39, 0.29) is 11.9 Å². The van der Waals surface area contributed by atoms with Gasteiger partial charge in [0.15, 0.2) is 17.1 Å². The molecule has 0 aliphatic rings. The molecule has 0 fully saturated rings. The highest BCUT2D eigenvalue weighted by Gasteiger charge is 2.23. The molecule has 0 unspecified atom stereocenters. The Labute approximate surface area is 204 Å². The van der Waals surface area contributed by atoms with Crippen molar-refractivity contribution in [1.82, 2.24) is 15.0 Å². The Morgan fingerprint density at radius 2 is 1.66 bits per heavy atom. The first-order chi connectivity index (χ1) is 16.8. The minimum absolute atomic E-state index is 0.173. The third-order valence-electron chi connectivity index (χ3n) is 5.48. The summed E-state index contributed by atoms with van der Waals surface area (Å²) in [4.78, 5) is 26.3. The number of pyridine rings is 1. The fourth-order valence-corrected chi connectivity index (χ4v) is 3.45. The second-order valence-corrected chi connectivity index (χ2v) is 9.10. The van der Waals surface area contributed by atoms with Crippen LogP contribution < -0.4 is 20.1 Å². The van der Waals surface area contributed by atoms with Crippen molar-refractivity contribution in [2.45, 2.75) is 27.3 Å². The molecule has 1 amide bonds. The van der Waals surface area contributed by atoms with E-state index >= 15 is 0 Å². The van der Waals surface area contributed by atoms with E-state index in [0.717, 1.165) is 22.1 Å². The minimum Gasteiger partial charge on any atom is -0.493 e. The Bertz CT molecular complexity index is 1350. The number of anilines is 2. The van der Waals surface area contributed by atoms with Gasteiger partial charge in [-0.2, -0.15) is 9.97 Å². The van der Waals surface area contributed by atoms with Gasteiger partial charge in [0.2, 0.25) is 11.9 Å². The summed E-state index contributed by atoms with van der Waals surface area (Å²) in [7, 11) is 3.21. The van der Waals surface area contributed by atoms with Gasteiger partial charge in [0.1, 0.15) is 5.82 Å². The van der Waals surface area contributed by atoms with Gasteiger partial charge in [-0.05, 0) is 29.3 Å². The molecule has 180 valence electrons. The van der Waals surface area contributed by atoms with Crippen molar-refractivity contribution in [3.8, 4) is 22.6 Å². The summed E-state index contributed by atoms with van der Waals surface area (Å²) in [5, 5.41) is 6.94. The summed E-state index contributed by atoms with van der Waals surface area (Å²) in [6, 6.07) is 17.7. The van der Waals surface area contributed by atoms with E-state index in [1.807, 2.05) is 75.4 Å². The third kappa shape index (κ3) is 5.48. The molecule has 0 saturated heterocycles. The SMILES string of the molecule is COc1ccc(-c2cnc3nc(NC(=O)C(C)(C)C)nc(NCc4ccccc4)c3c2)cc1OC. The van der Waals surface area contributed by atoms with Crippen molar-refractivity contribution >= 4 is 28.7 Å². The number of amides is 1. The van der Waals surface area contributed by atoms with Crippen LogP contribution in [0.4, 0.5) is 11.8 Å². The van der Waals surface area contributed by atoms with Crippen LogP contribution in [0.3, 0.4) is 0 Å². The zero-order valence-corrected chi connectivity index (χ0v) is 20.5. The van der Waals surface area contributed by atoms with Crippen LogP contribution in [0, 0.1) is 5.41 Å². The van der Waals surface area contributed by atoms with Gasteiger partial charge in [-0.15, -0.1) is 0 Å². The van der Waals surface area contributed by atoms with Crippen LogP contribution in [0.5, 0.6) is 11.5 Å². The van der Waals surface area contributed by atoms with Crippen LogP contribution in [0.2, 0.25) is 0 Å². The summed E-state index contributed by atoms with van der Waals surface area (Å²) in [5.74, 6) is 1.90. The molecule has 8 nitrogen and oxygen atoms in total. The molecule has 0 aliphatic heterocycles. The number of fused-ring (bicyclic) bond motifs is 1. The zero-order valence-electron chi connectivity index (χ0n) is 20.5. The van der Waals surface area contributed by atoms with E-state index in [2.05, 4.69) is 25.6 Å². The molecule has 0 spiro atoms. The molecule has 0 radical (unpaired) electrons. The Balaban J connectivity index is 1.76. The van der Waals surface area contributed by atoms with Crippen LogP contribution in [0.1, 0.15) is 26.3 Å². The van der Waals surface area contributed by atoms with Gasteiger partial charge < -0.3 is 14.8 Å². The lowest BCUT2D eigenvalue weighted by atomic mass is 9.96. The molecule has 2 aromatic heterocycles. The lowest BCUT2D eigenvalue weighted by molar-refractivity contribution is -0.123. The molecule has 0 bridgehead atoms. The van der Waals surface area contributed by atoms with Crippen molar-refractivity contribution < 1.29 is 14.3 Å². The maximum Gasteiger partial charge on any atom is 0.233 e. The lowest BCUT2D eigenvalue weighted by Crippen LogP contribution is -2.28. The number of carbonyl (C=O) groups excluding carboxylic acids is 1. The number of hydrogen-bond acceptors (Lipinski definition) is 7. The monoisotopic (exact) mass is 471 g/mol. The van der Waals surface area contributed by atoms with Gasteiger partial charge in [-0.25, -0.2) is 4.98 Å². The summed E-state index contributed by atoms with van der Waals surface area (Å²) in [6.45, 7) is 6.07. The van der Waals surface area contributed by atoms with E-state index in [9.17, 15) is 4.79 Å². The molecular formula is C27H29N5O3. The van der Waals surface area contributed by atoms with Gasteiger partial charge in [0.05, 0.1) is 19.6 Å². The number of carbonyl (C=O) groups is 1. The van der Waals surface area contributed by atoms with Gasteiger partial charge in [0, 0.05) is 23.7 Å². The van der Waals surface area contributed by atoms with Crippen molar-refractivity contribution in [2.24, 2.45) is 5.41 Å². The summed E-state index contributed by atoms with van der Waals surface area (Å²) in [5.41, 5.74) is 2.78. The quantitative estimate of drug-likeness (QED) is 0.377. The van der Waals surface area contributed by atoms with E-state index in [1.54, 1.807) is 20.4 Å². The molecule has 0 saturated carbocycles. The van der Waals surface area contributed by atoms with E-state index in [0.29, 0.717) is 29.5 Å². The number of methoxy groups -OCH3 is 2. The first-order valence-corrected chi connectivity index (χ1v) is 11.3. The first kappa shape index (κ1) is 23.9. The highest BCUT2D eigenvalue weighted by molar-refractivity contribution is 5.96. The van der Waals surface area contributed by atoms with E-state index in [1.165, 1.54) is 0 Å². The van der Waals surface area contributed by atoms with Crippen molar-refractivity contribution in [1.29, 1.82) is 0 Å². The normalized spacial score (nSPS) is 11.2. The molecule has 2 N–H and O–H groups in total. The van der Waals surface area contributed by atoms with E-state index in [4.69, 9.17) is 9.47 Å². The van der Waals surface area contributed by atoms with Gasteiger partial charge in [-0.1, -0.05) is 57.2 Å². The maximum atomic E-state index is 12.6. The van der Waals surface area contributed by atoms with Gasteiger partial charge >= 0.3 is 0 Å². The van der Waals surface area contributed by atoms with Gasteiger partial charge in [0.25, 0.3) is 0 Å². The summed E-state index contributed by atoms with van der Waals surface area (Å²) >= 11 is 0.